The minimum atomic E-state index is 0.306. The van der Waals surface area contributed by atoms with E-state index in [1.54, 1.807) is 0 Å². The quantitative estimate of drug-likeness (QED) is 0.542. The van der Waals surface area contributed by atoms with E-state index in [4.69, 9.17) is 5.73 Å². The number of nitrogens with two attached hydrogens (primary N) is 1. The van der Waals surface area contributed by atoms with Crippen LogP contribution in [0.4, 0.5) is 0 Å². The molecule has 2 nitrogen and oxygen atoms in total. The van der Waals surface area contributed by atoms with Crippen LogP contribution in [0.3, 0.4) is 0 Å². The first-order valence-electron chi connectivity index (χ1n) is 3.58. The van der Waals surface area contributed by atoms with Crippen molar-refractivity contribution in [3.63, 3.8) is 0 Å². The molecule has 0 amide bonds. The van der Waals surface area contributed by atoms with Gasteiger partial charge in [0.1, 0.15) is 0 Å². The molecule has 9 heavy (non-hydrogen) atoms. The first-order chi connectivity index (χ1) is 4.19. The number of nitrogens with zero attached hydrogens (tertiary/aromatic N) is 1. The highest BCUT2D eigenvalue weighted by Crippen LogP contribution is 2.27. The Bertz CT molecular complexity index is 103. The summed E-state index contributed by atoms with van der Waals surface area (Å²) in [5.41, 5.74) is 6.14. The lowest BCUT2D eigenvalue weighted by atomic mass is 9.83. The lowest BCUT2D eigenvalue weighted by Gasteiger charge is -2.25. The summed E-state index contributed by atoms with van der Waals surface area (Å²) < 4.78 is 0. The van der Waals surface area contributed by atoms with Crippen LogP contribution < -0.4 is 11.1 Å². The van der Waals surface area contributed by atoms with Crippen molar-refractivity contribution in [1.29, 1.82) is 0 Å². The van der Waals surface area contributed by atoms with Crippen molar-refractivity contribution in [3.8, 4) is 0 Å². The average molecular weight is 127 g/mol. The predicted octanol–water partition coefficient (Wildman–Crippen LogP) is 0.348. The minimum Gasteiger partial charge on any atom is -0.326 e. The molecule has 0 aliphatic carbocycles. The molecule has 0 bridgehead atoms. The summed E-state index contributed by atoms with van der Waals surface area (Å²) in [5, 5.41) is 4.26. The van der Waals surface area contributed by atoms with Gasteiger partial charge >= 0.3 is 0 Å². The topological polar surface area (TPSA) is 40.1 Å². The summed E-state index contributed by atoms with van der Waals surface area (Å²) in [7, 11) is 0. The lowest BCUT2D eigenvalue weighted by molar-refractivity contribution is 0.309. The highest BCUT2D eigenvalue weighted by atomic mass is 15.0. The smallest absolute Gasteiger partial charge is 0.0291 e. The van der Waals surface area contributed by atoms with Gasteiger partial charge in [0, 0.05) is 19.1 Å². The van der Waals surface area contributed by atoms with Crippen molar-refractivity contribution in [2.75, 3.05) is 13.1 Å². The summed E-state index contributed by atoms with van der Waals surface area (Å²) >= 11 is 0. The summed E-state index contributed by atoms with van der Waals surface area (Å²) in [6.45, 7) is 6.23. The van der Waals surface area contributed by atoms with Crippen molar-refractivity contribution >= 4 is 0 Å². The number of rotatable bonds is 1. The lowest BCUT2D eigenvalue weighted by Crippen LogP contribution is -2.37. The third-order valence-electron chi connectivity index (χ3n) is 2.50. The van der Waals surface area contributed by atoms with E-state index >= 15 is 0 Å². The Kier molecular flexibility index (Phi) is 1.78. The van der Waals surface area contributed by atoms with Gasteiger partial charge in [0.25, 0.3) is 0 Å². The van der Waals surface area contributed by atoms with E-state index in [0.29, 0.717) is 11.5 Å². The monoisotopic (exact) mass is 127 g/mol. The predicted molar refractivity (Wildman–Crippen MR) is 38.2 cm³/mol. The van der Waals surface area contributed by atoms with E-state index in [1.807, 2.05) is 0 Å². The molecule has 1 heterocycles. The molecule has 0 aromatic rings. The van der Waals surface area contributed by atoms with Gasteiger partial charge < -0.3 is 5.73 Å². The maximum Gasteiger partial charge on any atom is 0.0291 e. The van der Waals surface area contributed by atoms with Crippen molar-refractivity contribution in [2.45, 2.75) is 26.3 Å². The average Bonchev–Trinajstić information content (AvgIpc) is 2.15. The fourth-order valence-corrected chi connectivity index (χ4v) is 1.17. The van der Waals surface area contributed by atoms with Crippen molar-refractivity contribution < 1.29 is 0 Å². The molecule has 0 spiro atoms. The third-order valence-corrected chi connectivity index (χ3v) is 2.50. The second-order valence-electron chi connectivity index (χ2n) is 3.18. The molecule has 1 radical (unpaired) electrons. The molecule has 1 fully saturated rings. The van der Waals surface area contributed by atoms with E-state index in [1.165, 1.54) is 0 Å². The number of hydrogen-bond donors (Lipinski definition) is 1. The van der Waals surface area contributed by atoms with Crippen molar-refractivity contribution in [3.05, 3.63) is 0 Å². The third kappa shape index (κ3) is 1.10. The Morgan fingerprint density at radius 1 is 1.78 bits per heavy atom. The van der Waals surface area contributed by atoms with Crippen LogP contribution in [-0.4, -0.2) is 19.1 Å². The fourth-order valence-electron chi connectivity index (χ4n) is 1.17. The molecule has 1 aliphatic heterocycles. The Hall–Kier alpha value is -0.0800. The number of hydrogen-bond acceptors (Lipinski definition) is 1. The maximum absolute atomic E-state index is 5.83. The van der Waals surface area contributed by atoms with Crippen LogP contribution in [0.5, 0.6) is 0 Å². The van der Waals surface area contributed by atoms with E-state index in [0.717, 1.165) is 19.5 Å². The highest BCUT2D eigenvalue weighted by molar-refractivity contribution is 4.93. The van der Waals surface area contributed by atoms with Gasteiger partial charge in [-0.3, -0.25) is 0 Å². The molecule has 1 aliphatic rings. The summed E-state index contributed by atoms with van der Waals surface area (Å²) in [6, 6.07) is 0.308. The molecule has 2 N–H and O–H groups in total. The van der Waals surface area contributed by atoms with E-state index in [-0.39, 0.29) is 0 Å². The van der Waals surface area contributed by atoms with Gasteiger partial charge in [-0.1, -0.05) is 13.8 Å². The second-order valence-corrected chi connectivity index (χ2v) is 3.18. The summed E-state index contributed by atoms with van der Waals surface area (Å²) in [5.74, 6) is 0. The molecule has 1 saturated heterocycles. The Balaban J connectivity index is 2.56. The Morgan fingerprint density at radius 3 is 2.67 bits per heavy atom. The molecule has 1 rings (SSSR count). The summed E-state index contributed by atoms with van der Waals surface area (Å²) in [6.07, 6.45) is 1.15. The highest BCUT2D eigenvalue weighted by Gasteiger charge is 2.34. The van der Waals surface area contributed by atoms with Crippen LogP contribution in [-0.2, 0) is 0 Å². The molecule has 2 atom stereocenters. The van der Waals surface area contributed by atoms with Crippen LogP contribution >= 0.6 is 0 Å². The molecule has 2 unspecified atom stereocenters. The molecule has 0 aromatic carbocycles. The van der Waals surface area contributed by atoms with E-state index in [2.05, 4.69) is 19.2 Å². The first kappa shape index (κ1) is 7.03. The standard InChI is InChI=1S/C7H15N2/c1-3-7(2)5-9-4-6(7)8/h6H,3-5,8H2,1-2H3. The van der Waals surface area contributed by atoms with Crippen LogP contribution in [0.15, 0.2) is 0 Å². The van der Waals surface area contributed by atoms with Crippen LogP contribution in [0.2, 0.25) is 0 Å². The van der Waals surface area contributed by atoms with E-state index < -0.39 is 0 Å². The molecule has 2 heteroatoms. The SMILES string of the molecule is CCC1(C)C[N]CC1N. The molecule has 53 valence electrons. The van der Waals surface area contributed by atoms with Gasteiger partial charge in [-0.25, -0.2) is 5.32 Å². The van der Waals surface area contributed by atoms with Gasteiger partial charge in [-0.15, -0.1) is 0 Å². The van der Waals surface area contributed by atoms with Gasteiger partial charge in [0.2, 0.25) is 0 Å². The fraction of sp³-hybridized carbons (Fsp3) is 1.00. The van der Waals surface area contributed by atoms with Gasteiger partial charge in [-0.05, 0) is 11.8 Å². The minimum absolute atomic E-state index is 0.306. The van der Waals surface area contributed by atoms with Crippen molar-refractivity contribution in [1.82, 2.24) is 5.32 Å². The molecular formula is C7H15N2. The Morgan fingerprint density at radius 2 is 2.44 bits per heavy atom. The zero-order chi connectivity index (χ0) is 6.91. The van der Waals surface area contributed by atoms with Gasteiger partial charge in [0.15, 0.2) is 0 Å². The van der Waals surface area contributed by atoms with Gasteiger partial charge in [0.05, 0.1) is 0 Å². The maximum atomic E-state index is 5.83. The van der Waals surface area contributed by atoms with Crippen LogP contribution in [0, 0.1) is 5.41 Å². The van der Waals surface area contributed by atoms with Gasteiger partial charge in [-0.2, -0.15) is 0 Å². The molecule has 0 saturated carbocycles. The Labute approximate surface area is 56.8 Å². The zero-order valence-electron chi connectivity index (χ0n) is 6.22. The molecule has 0 aromatic heterocycles. The van der Waals surface area contributed by atoms with Crippen LogP contribution in [0.1, 0.15) is 20.3 Å². The normalized spacial score (nSPS) is 43.7. The van der Waals surface area contributed by atoms with E-state index in [9.17, 15) is 0 Å². The summed E-state index contributed by atoms with van der Waals surface area (Å²) in [4.78, 5) is 0. The first-order valence-corrected chi connectivity index (χ1v) is 3.58. The largest absolute Gasteiger partial charge is 0.326 e. The zero-order valence-corrected chi connectivity index (χ0v) is 6.22. The van der Waals surface area contributed by atoms with Crippen LogP contribution in [0.25, 0.3) is 0 Å². The second kappa shape index (κ2) is 2.27. The van der Waals surface area contributed by atoms with Crippen molar-refractivity contribution in [2.24, 2.45) is 11.1 Å². The molecular weight excluding hydrogens is 112 g/mol.